The molecule has 0 spiro atoms. The van der Waals surface area contributed by atoms with Crippen molar-refractivity contribution in [3.05, 3.63) is 52.8 Å². The molecule has 0 aliphatic carbocycles. The lowest BCUT2D eigenvalue weighted by molar-refractivity contribution is 0.102. The van der Waals surface area contributed by atoms with Gasteiger partial charge in [0.2, 0.25) is 0 Å². The fourth-order valence-corrected chi connectivity index (χ4v) is 1.93. The summed E-state index contributed by atoms with van der Waals surface area (Å²) >= 11 is 5.93. The number of halogens is 2. The number of rotatable bonds is 3. The average Bonchev–Trinajstić information content (AvgIpc) is 2.38. The number of amides is 1. The van der Waals surface area contributed by atoms with Gasteiger partial charge in [-0.2, -0.15) is 0 Å². The molecule has 0 saturated carbocycles. The number of methoxy groups -OCH3 is 1. The number of nitrogens with one attached hydrogen (secondary N) is 1. The molecule has 6 heteroatoms. The van der Waals surface area contributed by atoms with Gasteiger partial charge in [0.15, 0.2) is 11.6 Å². The Hall–Kier alpha value is -2.27. The van der Waals surface area contributed by atoms with Crippen LogP contribution in [0, 0.1) is 5.82 Å². The zero-order valence-electron chi connectivity index (χ0n) is 10.6. The molecule has 0 aliphatic rings. The summed E-state index contributed by atoms with van der Waals surface area (Å²) in [4.78, 5) is 12.0. The van der Waals surface area contributed by atoms with Crippen molar-refractivity contribution in [1.82, 2.24) is 0 Å². The van der Waals surface area contributed by atoms with Gasteiger partial charge in [-0.1, -0.05) is 11.6 Å². The van der Waals surface area contributed by atoms with Gasteiger partial charge >= 0.3 is 0 Å². The summed E-state index contributed by atoms with van der Waals surface area (Å²) in [5, 5.41) is 2.78. The van der Waals surface area contributed by atoms with Crippen LogP contribution in [0.15, 0.2) is 36.4 Å². The van der Waals surface area contributed by atoms with Crippen LogP contribution in [0.1, 0.15) is 10.4 Å². The van der Waals surface area contributed by atoms with Crippen LogP contribution in [0.5, 0.6) is 5.75 Å². The zero-order valence-corrected chi connectivity index (χ0v) is 11.4. The van der Waals surface area contributed by atoms with E-state index in [1.54, 1.807) is 6.07 Å². The smallest absolute Gasteiger partial charge is 0.257 e. The number of hydrogen-bond acceptors (Lipinski definition) is 3. The lowest BCUT2D eigenvalue weighted by Crippen LogP contribution is -2.12. The molecule has 0 fully saturated rings. The molecule has 2 rings (SSSR count). The molecule has 0 atom stereocenters. The zero-order chi connectivity index (χ0) is 14.7. The number of carbonyl (C=O) groups excluding carboxylic acids is 1. The van der Waals surface area contributed by atoms with E-state index in [-0.39, 0.29) is 16.3 Å². The van der Waals surface area contributed by atoms with E-state index >= 15 is 0 Å². The third-order valence-electron chi connectivity index (χ3n) is 2.65. The van der Waals surface area contributed by atoms with Crippen LogP contribution in [0.2, 0.25) is 5.02 Å². The van der Waals surface area contributed by atoms with Crippen LogP contribution in [0.3, 0.4) is 0 Å². The average molecular weight is 295 g/mol. The Morgan fingerprint density at radius 1 is 1.30 bits per heavy atom. The van der Waals surface area contributed by atoms with Crippen molar-refractivity contribution in [2.24, 2.45) is 0 Å². The molecule has 0 heterocycles. The Kier molecular flexibility index (Phi) is 4.10. The first-order valence-corrected chi connectivity index (χ1v) is 6.09. The Morgan fingerprint density at radius 3 is 2.65 bits per heavy atom. The van der Waals surface area contributed by atoms with Gasteiger partial charge in [0.05, 0.1) is 17.7 Å². The van der Waals surface area contributed by atoms with E-state index in [4.69, 9.17) is 22.1 Å². The van der Waals surface area contributed by atoms with E-state index in [9.17, 15) is 9.18 Å². The topological polar surface area (TPSA) is 64.3 Å². The third-order valence-corrected chi connectivity index (χ3v) is 2.96. The Labute approximate surface area is 120 Å². The number of carbonyl (C=O) groups is 1. The summed E-state index contributed by atoms with van der Waals surface area (Å²) < 4.78 is 18.3. The number of anilines is 2. The molecule has 1 amide bonds. The third kappa shape index (κ3) is 3.00. The van der Waals surface area contributed by atoms with Gasteiger partial charge in [-0.25, -0.2) is 4.39 Å². The molecule has 3 N–H and O–H groups in total. The summed E-state index contributed by atoms with van der Waals surface area (Å²) in [5.74, 6) is -0.901. The van der Waals surface area contributed by atoms with E-state index in [1.807, 2.05) is 0 Å². The van der Waals surface area contributed by atoms with Crippen LogP contribution in [-0.2, 0) is 0 Å². The maximum Gasteiger partial charge on any atom is 0.257 e. The maximum absolute atomic E-state index is 13.5. The Bertz CT molecular complexity index is 662. The number of benzene rings is 2. The van der Waals surface area contributed by atoms with Gasteiger partial charge in [0.1, 0.15) is 0 Å². The summed E-state index contributed by atoms with van der Waals surface area (Å²) in [6.45, 7) is 0. The van der Waals surface area contributed by atoms with E-state index < -0.39 is 11.7 Å². The molecule has 0 aliphatic heterocycles. The summed E-state index contributed by atoms with van der Waals surface area (Å²) in [6, 6.07) is 8.68. The standard InChI is InChI=1S/C14H12ClFN2O2/c1-20-13-5-3-9(7-12(13)16)18-14(19)10-4-2-8(17)6-11(10)15/h2-7H,17H2,1H3,(H,18,19). The fraction of sp³-hybridized carbons (Fsp3) is 0.0714. The van der Waals surface area contributed by atoms with Crippen molar-refractivity contribution < 1.29 is 13.9 Å². The van der Waals surface area contributed by atoms with Gasteiger partial charge < -0.3 is 15.8 Å². The summed E-state index contributed by atoms with van der Waals surface area (Å²) in [7, 11) is 1.37. The highest BCUT2D eigenvalue weighted by atomic mass is 35.5. The van der Waals surface area contributed by atoms with Crippen molar-refractivity contribution in [2.45, 2.75) is 0 Å². The van der Waals surface area contributed by atoms with Crippen LogP contribution in [0.25, 0.3) is 0 Å². The highest BCUT2D eigenvalue weighted by molar-refractivity contribution is 6.34. The minimum absolute atomic E-state index is 0.105. The molecule has 0 unspecified atom stereocenters. The van der Waals surface area contributed by atoms with Crippen molar-refractivity contribution in [1.29, 1.82) is 0 Å². The van der Waals surface area contributed by atoms with Crippen LogP contribution < -0.4 is 15.8 Å². The van der Waals surface area contributed by atoms with Crippen LogP contribution in [0.4, 0.5) is 15.8 Å². The highest BCUT2D eigenvalue weighted by Gasteiger charge is 2.12. The number of nitrogen functional groups attached to an aromatic ring is 1. The second-order valence-corrected chi connectivity index (χ2v) is 4.45. The molecule has 0 saturated heterocycles. The molecule has 0 aromatic heterocycles. The van der Waals surface area contributed by atoms with Crippen molar-refractivity contribution in [2.75, 3.05) is 18.2 Å². The fourth-order valence-electron chi connectivity index (χ4n) is 1.66. The predicted octanol–water partition coefficient (Wildman–Crippen LogP) is 3.32. The lowest BCUT2D eigenvalue weighted by atomic mass is 10.2. The lowest BCUT2D eigenvalue weighted by Gasteiger charge is -2.08. The number of nitrogens with two attached hydrogens (primary N) is 1. The first kappa shape index (κ1) is 14.1. The quantitative estimate of drug-likeness (QED) is 0.854. The Morgan fingerprint density at radius 2 is 2.05 bits per heavy atom. The van der Waals surface area contributed by atoms with Gasteiger partial charge in [-0.3, -0.25) is 4.79 Å². The first-order valence-electron chi connectivity index (χ1n) is 5.71. The van der Waals surface area contributed by atoms with Crippen molar-refractivity contribution in [3.8, 4) is 5.75 Å². The first-order chi connectivity index (χ1) is 9.51. The molecule has 20 heavy (non-hydrogen) atoms. The normalized spacial score (nSPS) is 10.2. The van der Waals surface area contributed by atoms with Gasteiger partial charge in [0, 0.05) is 17.4 Å². The maximum atomic E-state index is 13.5. The molecule has 2 aromatic rings. The second-order valence-electron chi connectivity index (χ2n) is 4.04. The number of hydrogen-bond donors (Lipinski definition) is 2. The molecule has 0 radical (unpaired) electrons. The number of ether oxygens (including phenoxy) is 1. The summed E-state index contributed by atoms with van der Waals surface area (Å²) in [5.41, 5.74) is 6.58. The molecule has 104 valence electrons. The largest absolute Gasteiger partial charge is 0.494 e. The van der Waals surface area contributed by atoms with E-state index in [0.717, 1.165) is 0 Å². The van der Waals surface area contributed by atoms with Gasteiger partial charge in [-0.05, 0) is 30.3 Å². The summed E-state index contributed by atoms with van der Waals surface area (Å²) in [6.07, 6.45) is 0. The predicted molar refractivity (Wildman–Crippen MR) is 76.8 cm³/mol. The van der Waals surface area contributed by atoms with E-state index in [1.165, 1.54) is 37.4 Å². The minimum Gasteiger partial charge on any atom is -0.494 e. The molecule has 4 nitrogen and oxygen atoms in total. The molecule has 2 aromatic carbocycles. The van der Waals surface area contributed by atoms with E-state index in [0.29, 0.717) is 11.4 Å². The van der Waals surface area contributed by atoms with Crippen LogP contribution >= 0.6 is 11.6 Å². The monoisotopic (exact) mass is 294 g/mol. The van der Waals surface area contributed by atoms with E-state index in [2.05, 4.69) is 5.32 Å². The molecule has 0 bridgehead atoms. The SMILES string of the molecule is COc1ccc(NC(=O)c2ccc(N)cc2Cl)cc1F. The second kappa shape index (κ2) is 5.79. The minimum atomic E-state index is -0.561. The van der Waals surface area contributed by atoms with Crippen molar-refractivity contribution >= 4 is 28.9 Å². The van der Waals surface area contributed by atoms with Crippen molar-refractivity contribution in [3.63, 3.8) is 0 Å². The van der Waals surface area contributed by atoms with Gasteiger partial charge in [-0.15, -0.1) is 0 Å². The molecular weight excluding hydrogens is 283 g/mol. The Balaban J connectivity index is 2.21. The van der Waals surface area contributed by atoms with Crippen LogP contribution in [-0.4, -0.2) is 13.0 Å². The van der Waals surface area contributed by atoms with Gasteiger partial charge in [0.25, 0.3) is 5.91 Å². The highest BCUT2D eigenvalue weighted by Crippen LogP contribution is 2.23. The molecular formula is C14H12ClFN2O2.